The summed E-state index contributed by atoms with van der Waals surface area (Å²) >= 11 is 0. The molecule has 0 heterocycles. The molecule has 0 aromatic carbocycles. The summed E-state index contributed by atoms with van der Waals surface area (Å²) in [6, 6.07) is -0.872. The van der Waals surface area contributed by atoms with Crippen molar-refractivity contribution in [3.8, 4) is 0 Å². The second-order valence-electron chi connectivity index (χ2n) is 14.4. The maximum atomic E-state index is 12.7. The average molecular weight is 705 g/mol. The van der Waals surface area contributed by atoms with Crippen LogP contribution in [-0.4, -0.2) is 41.6 Å². The summed E-state index contributed by atoms with van der Waals surface area (Å²) in [5, 5.41) is 11.9. The number of amides is 1. The Kier molecular flexibility index (Phi) is 36.5. The number of carboxylic acids is 1. The number of carbonyl (C=O) groups excluding carboxylic acids is 2. The third kappa shape index (κ3) is 34.3. The molecule has 2 atom stereocenters. The molecule has 7 nitrogen and oxygen atoms in total. The molecular formula is C43H80N2O5. The Bertz CT molecular complexity index is 843. The van der Waals surface area contributed by atoms with Crippen molar-refractivity contribution in [2.24, 2.45) is 5.73 Å². The van der Waals surface area contributed by atoms with Crippen LogP contribution in [0.4, 0.5) is 0 Å². The first-order valence-electron chi connectivity index (χ1n) is 21.2. The monoisotopic (exact) mass is 705 g/mol. The quantitative estimate of drug-likeness (QED) is 0.0334. The molecule has 7 heteroatoms. The first-order chi connectivity index (χ1) is 24.4. The molecule has 0 aromatic rings. The first-order valence-corrected chi connectivity index (χ1v) is 21.2. The molecule has 0 aliphatic rings. The van der Waals surface area contributed by atoms with E-state index in [-0.39, 0.29) is 18.0 Å². The molecule has 0 fully saturated rings. The van der Waals surface area contributed by atoms with E-state index in [4.69, 9.17) is 10.5 Å². The highest BCUT2D eigenvalue weighted by molar-refractivity contribution is 5.83. The van der Waals surface area contributed by atoms with E-state index in [1.807, 2.05) is 6.08 Å². The molecule has 0 saturated heterocycles. The summed E-state index contributed by atoms with van der Waals surface area (Å²) < 4.78 is 5.89. The van der Waals surface area contributed by atoms with E-state index < -0.39 is 12.0 Å². The van der Waals surface area contributed by atoms with E-state index >= 15 is 0 Å². The third-order valence-corrected chi connectivity index (χ3v) is 9.50. The maximum absolute atomic E-state index is 12.7. The lowest BCUT2D eigenvalue weighted by molar-refractivity contribution is -0.147. The molecule has 0 aliphatic heterocycles. The SMILES string of the molecule is CCCC/C=C\C/C=C\C(CCCCCCC(=O)NC(CCCN)C(=O)O)OC(=O)CCCCCCCCCCCCCCCCCCCC. The molecule has 4 N–H and O–H groups in total. The first kappa shape index (κ1) is 47.8. The topological polar surface area (TPSA) is 119 Å². The summed E-state index contributed by atoms with van der Waals surface area (Å²) in [7, 11) is 0. The predicted molar refractivity (Wildman–Crippen MR) is 211 cm³/mol. The molecule has 1 amide bonds. The Morgan fingerprint density at radius 1 is 0.600 bits per heavy atom. The van der Waals surface area contributed by atoms with Gasteiger partial charge >= 0.3 is 11.9 Å². The van der Waals surface area contributed by atoms with Crippen LogP contribution in [0, 0.1) is 0 Å². The van der Waals surface area contributed by atoms with Gasteiger partial charge in [-0.1, -0.05) is 167 Å². The van der Waals surface area contributed by atoms with Crippen LogP contribution in [0.1, 0.15) is 213 Å². The van der Waals surface area contributed by atoms with Crippen LogP contribution in [-0.2, 0) is 19.1 Å². The van der Waals surface area contributed by atoms with Crippen LogP contribution in [0.2, 0.25) is 0 Å². The number of rotatable bonds is 38. The van der Waals surface area contributed by atoms with Crippen LogP contribution >= 0.6 is 0 Å². The highest BCUT2D eigenvalue weighted by Gasteiger charge is 2.19. The van der Waals surface area contributed by atoms with E-state index in [9.17, 15) is 19.5 Å². The second-order valence-corrected chi connectivity index (χ2v) is 14.4. The lowest BCUT2D eigenvalue weighted by atomic mass is 10.0. The minimum Gasteiger partial charge on any atom is -0.480 e. The van der Waals surface area contributed by atoms with Crippen molar-refractivity contribution < 1.29 is 24.2 Å². The van der Waals surface area contributed by atoms with Crippen molar-refractivity contribution in [2.45, 2.75) is 225 Å². The van der Waals surface area contributed by atoms with Crippen molar-refractivity contribution in [3.05, 3.63) is 24.3 Å². The van der Waals surface area contributed by atoms with Crippen molar-refractivity contribution in [2.75, 3.05) is 6.54 Å². The minimum atomic E-state index is -1.02. The number of hydrogen-bond acceptors (Lipinski definition) is 5. The van der Waals surface area contributed by atoms with Crippen LogP contribution < -0.4 is 11.1 Å². The Morgan fingerprint density at radius 3 is 1.62 bits per heavy atom. The number of esters is 1. The summed E-state index contributed by atoms with van der Waals surface area (Å²) in [4.78, 5) is 36.2. The summed E-state index contributed by atoms with van der Waals surface area (Å²) in [5.41, 5.74) is 5.47. The second kappa shape index (κ2) is 38.1. The van der Waals surface area contributed by atoms with E-state index in [2.05, 4.69) is 37.4 Å². The van der Waals surface area contributed by atoms with Crippen molar-refractivity contribution in [1.29, 1.82) is 0 Å². The van der Waals surface area contributed by atoms with Gasteiger partial charge in [0.15, 0.2) is 0 Å². The van der Waals surface area contributed by atoms with Gasteiger partial charge in [0.2, 0.25) is 5.91 Å². The molecule has 0 bridgehead atoms. The highest BCUT2D eigenvalue weighted by Crippen LogP contribution is 2.16. The fourth-order valence-electron chi connectivity index (χ4n) is 6.27. The molecule has 0 rings (SSSR count). The van der Waals surface area contributed by atoms with E-state index in [0.717, 1.165) is 51.4 Å². The smallest absolute Gasteiger partial charge is 0.326 e. The summed E-state index contributed by atoms with van der Waals surface area (Å²) in [6.07, 6.45) is 42.5. The fourth-order valence-corrected chi connectivity index (χ4v) is 6.27. The molecular weight excluding hydrogens is 624 g/mol. The van der Waals surface area contributed by atoms with Crippen molar-refractivity contribution in [3.63, 3.8) is 0 Å². The van der Waals surface area contributed by atoms with Gasteiger partial charge in [-0.05, 0) is 64.0 Å². The van der Waals surface area contributed by atoms with Gasteiger partial charge in [0.25, 0.3) is 0 Å². The van der Waals surface area contributed by atoms with Gasteiger partial charge < -0.3 is 20.9 Å². The minimum absolute atomic E-state index is 0.103. The normalized spacial score (nSPS) is 12.9. The number of allylic oxidation sites excluding steroid dienone is 3. The molecule has 50 heavy (non-hydrogen) atoms. The largest absolute Gasteiger partial charge is 0.480 e. The number of aliphatic carboxylic acids is 1. The molecule has 0 radical (unpaired) electrons. The number of carbonyl (C=O) groups is 3. The Hall–Kier alpha value is -2.15. The molecule has 0 saturated carbocycles. The van der Waals surface area contributed by atoms with Gasteiger partial charge in [-0.15, -0.1) is 0 Å². The van der Waals surface area contributed by atoms with Crippen LogP contribution in [0.3, 0.4) is 0 Å². The Morgan fingerprint density at radius 2 is 1.10 bits per heavy atom. The Labute approximate surface area is 308 Å². The summed E-state index contributed by atoms with van der Waals surface area (Å²) in [6.45, 7) is 4.88. The van der Waals surface area contributed by atoms with Crippen molar-refractivity contribution in [1.82, 2.24) is 5.32 Å². The van der Waals surface area contributed by atoms with E-state index in [0.29, 0.717) is 38.6 Å². The molecule has 0 spiro atoms. The molecule has 0 aromatic heterocycles. The number of nitrogens with one attached hydrogen (secondary N) is 1. The zero-order chi connectivity index (χ0) is 36.8. The van der Waals surface area contributed by atoms with Crippen LogP contribution in [0.25, 0.3) is 0 Å². The summed E-state index contributed by atoms with van der Waals surface area (Å²) in [5.74, 6) is -1.35. The number of carboxylic acid groups (broad SMARTS) is 1. The third-order valence-electron chi connectivity index (χ3n) is 9.50. The number of hydrogen-bond donors (Lipinski definition) is 3. The van der Waals surface area contributed by atoms with Gasteiger partial charge in [0, 0.05) is 12.8 Å². The fraction of sp³-hybridized carbons (Fsp3) is 0.837. The zero-order valence-corrected chi connectivity index (χ0v) is 32.7. The average Bonchev–Trinajstić information content (AvgIpc) is 3.10. The maximum Gasteiger partial charge on any atom is 0.326 e. The molecule has 2 unspecified atom stereocenters. The zero-order valence-electron chi connectivity index (χ0n) is 32.7. The Balaban J connectivity index is 4.15. The van der Waals surface area contributed by atoms with Gasteiger partial charge in [-0.2, -0.15) is 0 Å². The van der Waals surface area contributed by atoms with Gasteiger partial charge in [0.1, 0.15) is 12.1 Å². The van der Waals surface area contributed by atoms with Gasteiger partial charge in [0.05, 0.1) is 0 Å². The van der Waals surface area contributed by atoms with Gasteiger partial charge in [-0.3, -0.25) is 9.59 Å². The number of ether oxygens (including phenoxy) is 1. The van der Waals surface area contributed by atoms with Gasteiger partial charge in [-0.25, -0.2) is 4.79 Å². The van der Waals surface area contributed by atoms with Crippen molar-refractivity contribution >= 4 is 17.8 Å². The standard InChI is InChI=1S/C43H80N2O5/c1-3-5-7-9-11-12-13-14-15-16-17-18-19-20-21-23-25-31-37-42(47)50-39(33-28-24-22-10-8-6-4-2)34-29-26-27-30-36-41(46)45-40(43(48)49)35-32-38-44/h10,22,28,33,39-40H,3-9,11-21,23-27,29-32,34-38,44H2,1-2H3,(H,45,46)(H,48,49)/b22-10-,33-28-. The lowest BCUT2D eigenvalue weighted by Gasteiger charge is -2.15. The highest BCUT2D eigenvalue weighted by atomic mass is 16.5. The van der Waals surface area contributed by atoms with E-state index in [1.54, 1.807) is 0 Å². The number of unbranched alkanes of at least 4 members (excludes halogenated alkanes) is 22. The number of nitrogens with two attached hydrogens (primary N) is 1. The van der Waals surface area contributed by atoms with Crippen LogP contribution in [0.15, 0.2) is 24.3 Å². The molecule has 0 aliphatic carbocycles. The van der Waals surface area contributed by atoms with Crippen LogP contribution in [0.5, 0.6) is 0 Å². The van der Waals surface area contributed by atoms with E-state index in [1.165, 1.54) is 116 Å². The predicted octanol–water partition coefficient (Wildman–Crippen LogP) is 11.7. The lowest BCUT2D eigenvalue weighted by Crippen LogP contribution is -2.40. The molecule has 292 valence electrons.